The van der Waals surface area contributed by atoms with Crippen molar-refractivity contribution in [3.63, 3.8) is 0 Å². The summed E-state index contributed by atoms with van der Waals surface area (Å²) in [7, 11) is 0. The number of aromatic nitrogens is 2. The molecular formula is C24H21N3O5S2. The maximum Gasteiger partial charge on any atom is 0.326 e. The van der Waals surface area contributed by atoms with Gasteiger partial charge >= 0.3 is 10.8 Å². The highest BCUT2D eigenvalue weighted by molar-refractivity contribution is 8.00. The summed E-state index contributed by atoms with van der Waals surface area (Å²) in [6.07, 6.45) is 3.29. The van der Waals surface area contributed by atoms with Crippen LogP contribution in [0, 0.1) is 12.8 Å². The van der Waals surface area contributed by atoms with Crippen LogP contribution in [-0.4, -0.2) is 39.2 Å². The summed E-state index contributed by atoms with van der Waals surface area (Å²) in [5, 5.41) is -0.195. The fourth-order valence-electron chi connectivity index (χ4n) is 4.46. The van der Waals surface area contributed by atoms with E-state index in [4.69, 9.17) is 4.74 Å². The van der Waals surface area contributed by atoms with Gasteiger partial charge in [0.15, 0.2) is 0 Å². The summed E-state index contributed by atoms with van der Waals surface area (Å²) in [4.78, 5) is 58.1. The molecule has 4 heterocycles. The third-order valence-electron chi connectivity index (χ3n) is 5.98. The third-order valence-corrected chi connectivity index (χ3v) is 8.58. The maximum atomic E-state index is 13.7. The SMILES string of the molecule is CCOC(=O)Cn1c2c(sc1=O)C(c1cccnc1)C1C(=O)N(c3ccc(C)cc3)C(=O)C1S2. The molecule has 2 aliphatic heterocycles. The smallest absolute Gasteiger partial charge is 0.326 e. The van der Waals surface area contributed by atoms with Gasteiger partial charge in [0, 0.05) is 23.2 Å². The molecule has 3 unspecified atom stereocenters. The third kappa shape index (κ3) is 3.67. The number of thiazole rings is 1. The lowest BCUT2D eigenvalue weighted by Crippen LogP contribution is -2.32. The van der Waals surface area contributed by atoms with Crippen molar-refractivity contribution in [2.24, 2.45) is 5.92 Å². The van der Waals surface area contributed by atoms with Gasteiger partial charge in [0.05, 0.1) is 23.2 Å². The predicted molar refractivity (Wildman–Crippen MR) is 128 cm³/mol. The van der Waals surface area contributed by atoms with E-state index in [1.54, 1.807) is 37.5 Å². The molecule has 0 spiro atoms. The molecule has 0 bridgehead atoms. The van der Waals surface area contributed by atoms with Crippen LogP contribution < -0.4 is 9.77 Å². The van der Waals surface area contributed by atoms with Crippen LogP contribution in [0.3, 0.4) is 0 Å². The molecule has 1 saturated heterocycles. The molecular weight excluding hydrogens is 474 g/mol. The second kappa shape index (κ2) is 8.84. The highest BCUT2D eigenvalue weighted by atomic mass is 32.2. The minimum Gasteiger partial charge on any atom is -0.465 e. The highest BCUT2D eigenvalue weighted by Gasteiger charge is 2.56. The van der Waals surface area contributed by atoms with E-state index >= 15 is 0 Å². The van der Waals surface area contributed by atoms with Crippen LogP contribution >= 0.6 is 23.1 Å². The average molecular weight is 496 g/mol. The first-order chi connectivity index (χ1) is 16.4. The van der Waals surface area contributed by atoms with Crippen molar-refractivity contribution in [1.82, 2.24) is 9.55 Å². The summed E-state index contributed by atoms with van der Waals surface area (Å²) in [6, 6.07) is 10.9. The van der Waals surface area contributed by atoms with Crippen LogP contribution in [0.15, 0.2) is 58.6 Å². The molecule has 3 aromatic rings. The quantitative estimate of drug-likeness (QED) is 0.396. The molecule has 174 valence electrons. The van der Waals surface area contributed by atoms with E-state index in [0.29, 0.717) is 15.6 Å². The summed E-state index contributed by atoms with van der Waals surface area (Å²) < 4.78 is 6.40. The van der Waals surface area contributed by atoms with Crippen molar-refractivity contribution in [3.05, 3.63) is 74.5 Å². The van der Waals surface area contributed by atoms with E-state index in [1.807, 2.05) is 25.1 Å². The molecule has 10 heteroatoms. The van der Waals surface area contributed by atoms with Crippen LogP contribution in [0.5, 0.6) is 0 Å². The highest BCUT2D eigenvalue weighted by Crippen LogP contribution is 2.53. The fraction of sp³-hybridized carbons (Fsp3) is 0.292. The number of hydrogen-bond acceptors (Lipinski definition) is 8. The second-order valence-corrected chi connectivity index (χ2v) is 10.2. The molecule has 0 N–H and O–H groups in total. The molecule has 1 aromatic carbocycles. The van der Waals surface area contributed by atoms with Gasteiger partial charge in [-0.1, -0.05) is 46.9 Å². The van der Waals surface area contributed by atoms with Gasteiger partial charge < -0.3 is 4.74 Å². The van der Waals surface area contributed by atoms with E-state index in [0.717, 1.165) is 22.5 Å². The summed E-state index contributed by atoms with van der Waals surface area (Å²) >= 11 is 2.18. The number of esters is 1. The Morgan fingerprint density at radius 2 is 1.88 bits per heavy atom. The minimum absolute atomic E-state index is 0.203. The van der Waals surface area contributed by atoms with Gasteiger partial charge in [-0.3, -0.25) is 28.7 Å². The Morgan fingerprint density at radius 3 is 2.56 bits per heavy atom. The number of amides is 2. The second-order valence-electron chi connectivity index (χ2n) is 8.10. The molecule has 2 aromatic heterocycles. The number of imide groups is 1. The molecule has 0 aliphatic carbocycles. The monoisotopic (exact) mass is 495 g/mol. The Kier molecular flexibility index (Phi) is 5.86. The first kappa shape index (κ1) is 22.5. The van der Waals surface area contributed by atoms with Gasteiger partial charge in [-0.25, -0.2) is 4.90 Å². The van der Waals surface area contributed by atoms with E-state index < -0.39 is 23.1 Å². The molecule has 8 nitrogen and oxygen atoms in total. The summed E-state index contributed by atoms with van der Waals surface area (Å²) in [6.45, 7) is 3.59. The number of thioether (sulfide) groups is 1. The number of rotatable bonds is 5. The van der Waals surface area contributed by atoms with Crippen molar-refractivity contribution in [3.8, 4) is 0 Å². The molecule has 2 aliphatic rings. The minimum atomic E-state index is -0.728. The standard InChI is InChI=1S/C24H21N3O5S2/c1-3-32-16(28)12-26-23-20(34-24(26)31)17(14-5-4-10-25-11-14)18-19(33-23)22(30)27(21(18)29)15-8-6-13(2)7-9-15/h4-11,17-19H,3,12H2,1-2H3. The van der Waals surface area contributed by atoms with E-state index in [1.165, 1.54) is 21.2 Å². The average Bonchev–Trinajstić information content (AvgIpc) is 3.27. The van der Waals surface area contributed by atoms with E-state index in [9.17, 15) is 19.2 Å². The van der Waals surface area contributed by atoms with E-state index in [-0.39, 0.29) is 29.8 Å². The molecule has 0 radical (unpaired) electrons. The zero-order valence-corrected chi connectivity index (χ0v) is 20.1. The first-order valence-electron chi connectivity index (χ1n) is 10.8. The number of anilines is 1. The Labute approximate surface area is 203 Å². The number of fused-ring (bicyclic) bond motifs is 2. The number of carbonyl (C=O) groups excluding carboxylic acids is 3. The summed E-state index contributed by atoms with van der Waals surface area (Å²) in [5.41, 5.74) is 2.29. The molecule has 34 heavy (non-hydrogen) atoms. The normalized spacial score (nSPS) is 21.4. The van der Waals surface area contributed by atoms with E-state index in [2.05, 4.69) is 4.98 Å². The Hall–Kier alpha value is -3.24. The first-order valence-corrected chi connectivity index (χ1v) is 12.5. The van der Waals surface area contributed by atoms with Crippen molar-refractivity contribution >= 4 is 46.6 Å². The van der Waals surface area contributed by atoms with Crippen LogP contribution in [0.25, 0.3) is 0 Å². The van der Waals surface area contributed by atoms with Crippen LogP contribution in [-0.2, 0) is 25.7 Å². The lowest BCUT2D eigenvalue weighted by molar-refractivity contribution is -0.144. The number of ether oxygens (including phenoxy) is 1. The number of pyridine rings is 1. The van der Waals surface area contributed by atoms with Crippen LogP contribution in [0.1, 0.15) is 28.8 Å². The largest absolute Gasteiger partial charge is 0.465 e. The number of benzene rings is 1. The Balaban J connectivity index is 1.63. The zero-order valence-electron chi connectivity index (χ0n) is 18.5. The lowest BCUT2D eigenvalue weighted by Gasteiger charge is -2.30. The van der Waals surface area contributed by atoms with Crippen molar-refractivity contribution in [2.75, 3.05) is 11.5 Å². The molecule has 2 amide bonds. The molecule has 3 atom stereocenters. The van der Waals surface area contributed by atoms with Gasteiger partial charge in [0.25, 0.3) is 0 Å². The van der Waals surface area contributed by atoms with Gasteiger partial charge in [-0.15, -0.1) is 0 Å². The summed E-state index contributed by atoms with van der Waals surface area (Å²) in [5.74, 6) is -2.37. The zero-order chi connectivity index (χ0) is 24.0. The van der Waals surface area contributed by atoms with Gasteiger partial charge in [0.1, 0.15) is 11.8 Å². The number of aryl methyl sites for hydroxylation is 1. The fourth-order valence-corrected chi connectivity index (χ4v) is 7.23. The Morgan fingerprint density at radius 1 is 1.12 bits per heavy atom. The maximum absolute atomic E-state index is 13.7. The van der Waals surface area contributed by atoms with Crippen LogP contribution in [0.4, 0.5) is 5.69 Å². The van der Waals surface area contributed by atoms with Crippen molar-refractivity contribution in [2.45, 2.75) is 36.6 Å². The lowest BCUT2D eigenvalue weighted by atomic mass is 9.84. The van der Waals surface area contributed by atoms with Crippen LogP contribution in [0.2, 0.25) is 0 Å². The number of carbonyl (C=O) groups is 3. The van der Waals surface area contributed by atoms with Crippen molar-refractivity contribution < 1.29 is 19.1 Å². The number of hydrogen-bond donors (Lipinski definition) is 0. The number of nitrogens with zero attached hydrogens (tertiary/aromatic N) is 3. The Bertz CT molecular complexity index is 1330. The molecule has 1 fully saturated rings. The predicted octanol–water partition coefficient (Wildman–Crippen LogP) is 2.97. The van der Waals surface area contributed by atoms with Gasteiger partial charge in [-0.05, 0) is 37.6 Å². The topological polar surface area (TPSA) is 98.6 Å². The van der Waals surface area contributed by atoms with Gasteiger partial charge in [0.2, 0.25) is 11.8 Å². The van der Waals surface area contributed by atoms with Crippen molar-refractivity contribution in [1.29, 1.82) is 0 Å². The van der Waals surface area contributed by atoms with Gasteiger partial charge in [-0.2, -0.15) is 0 Å². The molecule has 5 rings (SSSR count). The molecule has 0 saturated carbocycles.